The average molecular weight is 187 g/mol. The van der Waals surface area contributed by atoms with E-state index in [2.05, 4.69) is 0 Å². The van der Waals surface area contributed by atoms with Crippen LogP contribution in [0.2, 0.25) is 0 Å². The lowest BCUT2D eigenvalue weighted by Gasteiger charge is -2.06. The topological polar surface area (TPSA) is 0 Å². The van der Waals surface area contributed by atoms with E-state index in [1.807, 2.05) is 0 Å². The second kappa shape index (κ2) is 3.09. The lowest BCUT2D eigenvalue weighted by Crippen LogP contribution is -2.05. The summed E-state index contributed by atoms with van der Waals surface area (Å²) in [7, 11) is 0. The fourth-order valence-electron chi connectivity index (χ4n) is 0.825. The van der Waals surface area contributed by atoms with Gasteiger partial charge in [-0.25, -0.2) is 4.39 Å². The molecule has 0 unspecified atom stereocenters. The maximum absolute atomic E-state index is 12.5. The van der Waals surface area contributed by atoms with E-state index >= 15 is 0 Å². The van der Waals surface area contributed by atoms with Gasteiger partial charge in [-0.05, 0) is 24.6 Å². The van der Waals surface area contributed by atoms with Crippen molar-refractivity contribution >= 4 is 0 Å². The first-order chi connectivity index (χ1) is 5.93. The highest BCUT2D eigenvalue weighted by molar-refractivity contribution is 5.35. The minimum Gasteiger partial charge on any atom is -0.207 e. The van der Waals surface area contributed by atoms with Gasteiger partial charge in [-0.1, -0.05) is 5.92 Å². The Labute approximate surface area is 72.2 Å². The van der Waals surface area contributed by atoms with Crippen LogP contribution in [0.25, 0.3) is 0 Å². The van der Waals surface area contributed by atoms with Crippen molar-refractivity contribution in [1.82, 2.24) is 0 Å². The standard InChI is InChI=1S/C9H3F4/c1-2-6-3-7(9(11,12)13)5-8(10)4-6/h3-5H. The minimum absolute atomic E-state index is 0.229. The molecule has 0 amide bonds. The smallest absolute Gasteiger partial charge is 0.207 e. The lowest BCUT2D eigenvalue weighted by atomic mass is 10.1. The number of hydrogen-bond acceptors (Lipinski definition) is 0. The Hall–Kier alpha value is -1.50. The second-order valence-electron chi connectivity index (χ2n) is 2.35. The van der Waals surface area contributed by atoms with E-state index in [1.54, 1.807) is 5.92 Å². The molecule has 13 heavy (non-hydrogen) atoms. The first-order valence-electron chi connectivity index (χ1n) is 3.24. The van der Waals surface area contributed by atoms with Crippen LogP contribution >= 0.6 is 0 Å². The van der Waals surface area contributed by atoms with Crippen molar-refractivity contribution in [2.45, 2.75) is 6.18 Å². The van der Waals surface area contributed by atoms with Crippen LogP contribution in [0.5, 0.6) is 0 Å². The highest BCUT2D eigenvalue weighted by Crippen LogP contribution is 2.30. The molecule has 0 atom stereocenters. The molecule has 0 aliphatic rings. The molecule has 0 saturated carbocycles. The molecule has 1 aromatic rings. The molecule has 0 heterocycles. The van der Waals surface area contributed by atoms with Crippen molar-refractivity contribution in [1.29, 1.82) is 0 Å². The maximum Gasteiger partial charge on any atom is 0.416 e. The summed E-state index contributed by atoms with van der Waals surface area (Å²) in [4.78, 5) is 0. The van der Waals surface area contributed by atoms with Crippen LogP contribution in [0.15, 0.2) is 18.2 Å². The van der Waals surface area contributed by atoms with Crippen LogP contribution in [-0.4, -0.2) is 0 Å². The van der Waals surface area contributed by atoms with Gasteiger partial charge in [0.1, 0.15) is 5.82 Å². The second-order valence-corrected chi connectivity index (χ2v) is 2.35. The lowest BCUT2D eigenvalue weighted by molar-refractivity contribution is -0.137. The molecular formula is C9H3F4. The van der Waals surface area contributed by atoms with Crippen LogP contribution in [-0.2, 0) is 6.18 Å². The molecule has 1 rings (SSSR count). The number of halogens is 4. The van der Waals surface area contributed by atoms with Gasteiger partial charge in [0.05, 0.1) is 5.56 Å². The van der Waals surface area contributed by atoms with Crippen molar-refractivity contribution in [3.05, 3.63) is 41.6 Å². The van der Waals surface area contributed by atoms with Crippen LogP contribution in [0, 0.1) is 18.2 Å². The summed E-state index contributed by atoms with van der Waals surface area (Å²) in [5.41, 5.74) is -1.34. The number of alkyl halides is 3. The maximum atomic E-state index is 12.5. The van der Waals surface area contributed by atoms with Gasteiger partial charge in [-0.3, -0.25) is 0 Å². The van der Waals surface area contributed by atoms with Crippen molar-refractivity contribution in [3.63, 3.8) is 0 Å². The van der Waals surface area contributed by atoms with Gasteiger partial charge in [-0.2, -0.15) is 13.2 Å². The monoisotopic (exact) mass is 187 g/mol. The van der Waals surface area contributed by atoms with Crippen molar-refractivity contribution < 1.29 is 17.6 Å². The Kier molecular flexibility index (Phi) is 2.28. The van der Waals surface area contributed by atoms with Gasteiger partial charge < -0.3 is 0 Å². The first kappa shape index (κ1) is 9.59. The summed E-state index contributed by atoms with van der Waals surface area (Å²) in [5.74, 6) is 0.667. The summed E-state index contributed by atoms with van der Waals surface area (Å²) in [6.07, 6.45) is 1.97. The minimum atomic E-state index is -4.59. The fraction of sp³-hybridized carbons (Fsp3) is 0.111. The molecule has 0 N–H and O–H groups in total. The summed E-state index contributed by atoms with van der Waals surface area (Å²) >= 11 is 0. The van der Waals surface area contributed by atoms with Crippen LogP contribution in [0.1, 0.15) is 11.1 Å². The molecule has 1 radical (unpaired) electrons. The third-order valence-electron chi connectivity index (χ3n) is 1.37. The highest BCUT2D eigenvalue weighted by Gasteiger charge is 2.31. The summed E-state index contributed by atoms with van der Waals surface area (Å²) in [5, 5.41) is 0. The summed E-state index contributed by atoms with van der Waals surface area (Å²) < 4.78 is 48.6. The predicted molar refractivity (Wildman–Crippen MR) is 37.6 cm³/mol. The molecule has 0 aliphatic heterocycles. The van der Waals surface area contributed by atoms with Crippen molar-refractivity contribution in [2.24, 2.45) is 0 Å². The molecule has 0 aliphatic carbocycles. The third kappa shape index (κ3) is 2.22. The number of hydrogen-bond donors (Lipinski definition) is 0. The van der Waals surface area contributed by atoms with Gasteiger partial charge in [0, 0.05) is 5.56 Å². The van der Waals surface area contributed by atoms with E-state index in [-0.39, 0.29) is 5.56 Å². The Bertz CT molecular complexity index is 357. The zero-order valence-electron chi connectivity index (χ0n) is 6.24. The zero-order chi connectivity index (χ0) is 10.1. The molecule has 0 fully saturated rings. The Morgan fingerprint density at radius 2 is 1.77 bits per heavy atom. The Morgan fingerprint density at radius 3 is 2.23 bits per heavy atom. The summed E-state index contributed by atoms with van der Waals surface area (Å²) in [6, 6.07) is 1.85. The zero-order valence-corrected chi connectivity index (χ0v) is 6.24. The van der Waals surface area contributed by atoms with Crippen molar-refractivity contribution in [3.8, 4) is 5.92 Å². The predicted octanol–water partition coefficient (Wildman–Crippen LogP) is 2.78. The molecule has 0 spiro atoms. The quantitative estimate of drug-likeness (QED) is 0.432. The molecule has 0 bridgehead atoms. The molecule has 0 nitrogen and oxygen atoms in total. The number of benzene rings is 1. The van der Waals surface area contributed by atoms with Crippen molar-refractivity contribution in [2.75, 3.05) is 0 Å². The first-order valence-corrected chi connectivity index (χ1v) is 3.24. The van der Waals surface area contributed by atoms with Gasteiger partial charge in [0.25, 0.3) is 0 Å². The van der Waals surface area contributed by atoms with E-state index in [1.165, 1.54) is 0 Å². The molecule has 67 valence electrons. The van der Waals surface area contributed by atoms with Crippen LogP contribution in [0.4, 0.5) is 17.6 Å². The van der Waals surface area contributed by atoms with E-state index < -0.39 is 17.6 Å². The van der Waals surface area contributed by atoms with E-state index in [0.717, 1.165) is 6.07 Å². The van der Waals surface area contributed by atoms with Gasteiger partial charge in [-0.15, -0.1) is 0 Å². The highest BCUT2D eigenvalue weighted by atomic mass is 19.4. The van der Waals surface area contributed by atoms with Crippen LogP contribution < -0.4 is 0 Å². The largest absolute Gasteiger partial charge is 0.416 e. The molecular weight excluding hydrogens is 184 g/mol. The SMILES string of the molecule is [C]#Cc1cc(F)cc(C(F)(F)F)c1. The fourth-order valence-corrected chi connectivity index (χ4v) is 0.825. The Morgan fingerprint density at radius 1 is 1.15 bits per heavy atom. The van der Waals surface area contributed by atoms with Gasteiger partial charge in [0.2, 0.25) is 0 Å². The third-order valence-corrected chi connectivity index (χ3v) is 1.37. The van der Waals surface area contributed by atoms with Gasteiger partial charge in [0.15, 0.2) is 0 Å². The molecule has 0 aromatic heterocycles. The number of rotatable bonds is 0. The van der Waals surface area contributed by atoms with E-state index in [0.29, 0.717) is 12.1 Å². The van der Waals surface area contributed by atoms with Crippen LogP contribution in [0.3, 0.4) is 0 Å². The Balaban J connectivity index is 3.26. The van der Waals surface area contributed by atoms with Gasteiger partial charge >= 0.3 is 6.18 Å². The molecule has 4 heteroatoms. The van der Waals surface area contributed by atoms with E-state index in [9.17, 15) is 17.6 Å². The molecule has 1 aromatic carbocycles. The average Bonchev–Trinajstić information content (AvgIpc) is 2.01. The normalized spacial score (nSPS) is 11.0. The molecule has 0 saturated heterocycles. The summed E-state index contributed by atoms with van der Waals surface area (Å²) in [6.45, 7) is 0. The van der Waals surface area contributed by atoms with E-state index in [4.69, 9.17) is 6.42 Å².